The first-order valence-electron chi connectivity index (χ1n) is 4.13. The van der Waals surface area contributed by atoms with E-state index in [0.717, 1.165) is 5.56 Å². The van der Waals surface area contributed by atoms with Crippen molar-refractivity contribution in [1.82, 2.24) is 4.98 Å². The largest absolute Gasteiger partial charge is 0.488 e. The third-order valence-corrected chi connectivity index (χ3v) is 1.86. The molecule has 5 heteroatoms. The monoisotopic (exact) mass is 189 g/mol. The Hall–Kier alpha value is -1.59. The van der Waals surface area contributed by atoms with Gasteiger partial charge in [0.15, 0.2) is 0 Å². The van der Waals surface area contributed by atoms with Gasteiger partial charge in [0, 0.05) is 5.56 Å². The lowest BCUT2D eigenvalue weighted by molar-refractivity contribution is 0.426. The summed E-state index contributed by atoms with van der Waals surface area (Å²) in [6, 6.07) is 6.75. The topological polar surface area (TPSA) is 66.5 Å². The zero-order valence-corrected chi connectivity index (χ0v) is 7.29. The summed E-state index contributed by atoms with van der Waals surface area (Å²) in [5.74, 6) is 0.465. The maximum absolute atomic E-state index is 8.95. The van der Waals surface area contributed by atoms with Gasteiger partial charge in [-0.3, -0.25) is 0 Å². The molecule has 2 rings (SSSR count). The molecule has 0 unspecified atom stereocenters. The Labute approximate surface area is 81.0 Å². The van der Waals surface area contributed by atoms with E-state index in [-0.39, 0.29) is 0 Å². The van der Waals surface area contributed by atoms with Crippen LogP contribution in [0.2, 0.25) is 0 Å². The summed E-state index contributed by atoms with van der Waals surface area (Å²) in [6.45, 7) is 0. The van der Waals surface area contributed by atoms with Crippen molar-refractivity contribution in [3.05, 3.63) is 36.7 Å². The molecule has 0 aliphatic heterocycles. The van der Waals surface area contributed by atoms with Crippen LogP contribution in [0.15, 0.2) is 41.1 Å². The van der Waals surface area contributed by atoms with Crippen molar-refractivity contribution in [2.24, 2.45) is 0 Å². The molecule has 2 aromatic rings. The van der Waals surface area contributed by atoms with Gasteiger partial charge in [-0.25, -0.2) is 4.98 Å². The van der Waals surface area contributed by atoms with Crippen LogP contribution < -0.4 is 5.46 Å². The lowest BCUT2D eigenvalue weighted by Gasteiger charge is -2.00. The van der Waals surface area contributed by atoms with Crippen molar-refractivity contribution in [3.8, 4) is 11.5 Å². The third kappa shape index (κ3) is 1.68. The summed E-state index contributed by atoms with van der Waals surface area (Å²) in [6.07, 6.45) is 3.01. The van der Waals surface area contributed by atoms with Gasteiger partial charge in [-0.1, -0.05) is 12.1 Å². The van der Waals surface area contributed by atoms with E-state index in [1.165, 1.54) is 12.5 Å². The molecular weight excluding hydrogens is 181 g/mol. The Balaban J connectivity index is 2.41. The first-order chi connectivity index (χ1) is 6.77. The highest BCUT2D eigenvalue weighted by atomic mass is 16.4. The lowest BCUT2D eigenvalue weighted by Crippen LogP contribution is -2.29. The zero-order chi connectivity index (χ0) is 9.97. The SMILES string of the molecule is OB(O)c1cccc(-c2ncco2)c1. The molecule has 0 saturated heterocycles. The van der Waals surface area contributed by atoms with Crippen LogP contribution in [-0.2, 0) is 0 Å². The van der Waals surface area contributed by atoms with E-state index in [9.17, 15) is 0 Å². The van der Waals surface area contributed by atoms with Gasteiger partial charge in [-0.2, -0.15) is 0 Å². The van der Waals surface area contributed by atoms with Gasteiger partial charge in [0.2, 0.25) is 5.89 Å². The van der Waals surface area contributed by atoms with Gasteiger partial charge >= 0.3 is 7.12 Å². The normalized spacial score (nSPS) is 10.1. The van der Waals surface area contributed by atoms with Crippen LogP contribution >= 0.6 is 0 Å². The molecule has 1 heterocycles. The zero-order valence-electron chi connectivity index (χ0n) is 7.29. The summed E-state index contributed by atoms with van der Waals surface area (Å²) in [5, 5.41) is 17.9. The number of benzene rings is 1. The molecule has 0 bridgehead atoms. The van der Waals surface area contributed by atoms with Crippen molar-refractivity contribution in [1.29, 1.82) is 0 Å². The third-order valence-electron chi connectivity index (χ3n) is 1.86. The number of aromatic nitrogens is 1. The highest BCUT2D eigenvalue weighted by molar-refractivity contribution is 6.58. The summed E-state index contributed by atoms with van der Waals surface area (Å²) >= 11 is 0. The van der Waals surface area contributed by atoms with Crippen molar-refractivity contribution in [2.45, 2.75) is 0 Å². The molecule has 1 aromatic heterocycles. The predicted octanol–water partition coefficient (Wildman–Crippen LogP) is 0.0214. The summed E-state index contributed by atoms with van der Waals surface area (Å²) in [5.41, 5.74) is 1.14. The Morgan fingerprint density at radius 3 is 2.79 bits per heavy atom. The molecule has 0 spiro atoms. The Bertz CT molecular complexity index is 414. The van der Waals surface area contributed by atoms with E-state index in [1.54, 1.807) is 24.3 Å². The minimum atomic E-state index is -1.47. The first kappa shape index (κ1) is 8.99. The molecule has 0 atom stereocenters. The van der Waals surface area contributed by atoms with E-state index >= 15 is 0 Å². The number of rotatable bonds is 2. The van der Waals surface area contributed by atoms with Crippen molar-refractivity contribution >= 4 is 12.6 Å². The molecule has 0 fully saturated rings. The van der Waals surface area contributed by atoms with Gasteiger partial charge in [0.05, 0.1) is 6.20 Å². The number of nitrogens with zero attached hydrogens (tertiary/aromatic N) is 1. The highest BCUT2D eigenvalue weighted by Crippen LogP contribution is 2.14. The lowest BCUT2D eigenvalue weighted by atomic mass is 9.80. The van der Waals surface area contributed by atoms with E-state index in [2.05, 4.69) is 4.98 Å². The summed E-state index contributed by atoms with van der Waals surface area (Å²) < 4.78 is 5.08. The van der Waals surface area contributed by atoms with Crippen molar-refractivity contribution in [3.63, 3.8) is 0 Å². The van der Waals surface area contributed by atoms with E-state index in [4.69, 9.17) is 14.5 Å². The highest BCUT2D eigenvalue weighted by Gasteiger charge is 2.12. The van der Waals surface area contributed by atoms with Gasteiger partial charge < -0.3 is 14.5 Å². The fraction of sp³-hybridized carbons (Fsp3) is 0. The number of hydrogen-bond acceptors (Lipinski definition) is 4. The maximum atomic E-state index is 8.95. The van der Waals surface area contributed by atoms with Crippen LogP contribution in [0.25, 0.3) is 11.5 Å². The first-order valence-corrected chi connectivity index (χ1v) is 4.13. The molecule has 0 amide bonds. The predicted molar refractivity (Wildman–Crippen MR) is 51.8 cm³/mol. The van der Waals surface area contributed by atoms with Crippen LogP contribution in [-0.4, -0.2) is 22.2 Å². The molecule has 4 nitrogen and oxygen atoms in total. The second kappa shape index (κ2) is 3.65. The molecule has 14 heavy (non-hydrogen) atoms. The minimum Gasteiger partial charge on any atom is -0.445 e. The standard InChI is InChI=1S/C9H8BNO3/c12-10(13)8-3-1-2-7(6-8)9-11-4-5-14-9/h1-6,12-13H. The van der Waals surface area contributed by atoms with Gasteiger partial charge in [-0.15, -0.1) is 0 Å². The average molecular weight is 189 g/mol. The summed E-state index contributed by atoms with van der Waals surface area (Å²) in [7, 11) is -1.47. The van der Waals surface area contributed by atoms with Crippen LogP contribution in [0, 0.1) is 0 Å². The molecule has 0 aliphatic rings. The smallest absolute Gasteiger partial charge is 0.445 e. The van der Waals surface area contributed by atoms with E-state index in [0.29, 0.717) is 11.4 Å². The molecule has 0 aliphatic carbocycles. The average Bonchev–Trinajstić information content (AvgIpc) is 2.71. The second-order valence-electron chi connectivity index (χ2n) is 2.84. The van der Waals surface area contributed by atoms with E-state index in [1.807, 2.05) is 0 Å². The Morgan fingerprint density at radius 1 is 1.29 bits per heavy atom. The molecule has 0 saturated carbocycles. The van der Waals surface area contributed by atoms with Crippen LogP contribution in [0.1, 0.15) is 0 Å². The maximum Gasteiger partial charge on any atom is 0.488 e. The summed E-state index contributed by atoms with van der Waals surface area (Å²) in [4.78, 5) is 3.96. The van der Waals surface area contributed by atoms with Crippen molar-refractivity contribution in [2.75, 3.05) is 0 Å². The van der Waals surface area contributed by atoms with Crippen molar-refractivity contribution < 1.29 is 14.5 Å². The molecule has 1 aromatic carbocycles. The number of oxazole rings is 1. The molecule has 2 N–H and O–H groups in total. The van der Waals surface area contributed by atoms with Crippen LogP contribution in [0.3, 0.4) is 0 Å². The number of hydrogen-bond donors (Lipinski definition) is 2. The molecular formula is C9H8BNO3. The Kier molecular flexibility index (Phi) is 2.34. The van der Waals surface area contributed by atoms with E-state index < -0.39 is 7.12 Å². The Morgan fingerprint density at radius 2 is 2.14 bits per heavy atom. The fourth-order valence-corrected chi connectivity index (χ4v) is 1.20. The minimum absolute atomic E-state index is 0.417. The molecule has 70 valence electrons. The van der Waals surface area contributed by atoms with Crippen LogP contribution in [0.4, 0.5) is 0 Å². The van der Waals surface area contributed by atoms with Gasteiger partial charge in [0.1, 0.15) is 6.26 Å². The fourth-order valence-electron chi connectivity index (χ4n) is 1.20. The van der Waals surface area contributed by atoms with Gasteiger partial charge in [-0.05, 0) is 17.6 Å². The quantitative estimate of drug-likeness (QED) is 0.653. The van der Waals surface area contributed by atoms with Crippen LogP contribution in [0.5, 0.6) is 0 Å². The second-order valence-corrected chi connectivity index (χ2v) is 2.84. The van der Waals surface area contributed by atoms with Gasteiger partial charge in [0.25, 0.3) is 0 Å². The molecule has 0 radical (unpaired) electrons.